The van der Waals surface area contributed by atoms with Crippen LogP contribution in [-0.2, 0) is 0 Å². The maximum Gasteiger partial charge on any atom is 0.228 e. The first-order valence-electron chi connectivity index (χ1n) is 9.46. The first kappa shape index (κ1) is 22.6. The quantitative estimate of drug-likeness (QED) is 0.266. The summed E-state index contributed by atoms with van der Waals surface area (Å²) in [7, 11) is 3.33. The lowest BCUT2D eigenvalue weighted by molar-refractivity contribution is 0.387. The summed E-state index contributed by atoms with van der Waals surface area (Å²) < 4.78 is 23.7. The number of ether oxygens (including phenoxy) is 1. The molecule has 3 aromatic heterocycles. The van der Waals surface area contributed by atoms with Crippen LogP contribution in [0.3, 0.4) is 0 Å². The van der Waals surface area contributed by atoms with Gasteiger partial charge in [0.2, 0.25) is 5.88 Å². The average Bonchev–Trinajstić information content (AvgIpc) is 2.78. The van der Waals surface area contributed by atoms with Gasteiger partial charge in [0.1, 0.15) is 11.6 Å². The zero-order valence-electron chi connectivity index (χ0n) is 17.3. The van der Waals surface area contributed by atoms with Gasteiger partial charge in [-0.25, -0.2) is 14.4 Å². The molecule has 0 aliphatic heterocycles. The highest BCUT2D eigenvalue weighted by Gasteiger charge is 2.15. The summed E-state index contributed by atoms with van der Waals surface area (Å²) in [5.41, 5.74) is 3.63. The Kier molecular flexibility index (Phi) is 6.68. The van der Waals surface area contributed by atoms with E-state index in [2.05, 4.69) is 35.9 Å². The van der Waals surface area contributed by atoms with Crippen molar-refractivity contribution in [1.82, 2.24) is 15.0 Å². The van der Waals surface area contributed by atoms with Gasteiger partial charge in [0, 0.05) is 46.6 Å². The molecule has 0 atom stereocenters. The SMILES string of the molecule is CNc1cc2nc(C)c(-c3cc(NSc4cc(Cl)cnc4OC)c(F)cc3Br)cc2cn1. The topological polar surface area (TPSA) is 72.0 Å². The minimum absolute atomic E-state index is 0.304. The largest absolute Gasteiger partial charge is 0.480 e. The highest BCUT2D eigenvalue weighted by atomic mass is 79.9. The molecule has 6 nitrogen and oxygen atoms in total. The maximum absolute atomic E-state index is 14.7. The van der Waals surface area contributed by atoms with Crippen molar-refractivity contribution in [2.24, 2.45) is 0 Å². The number of aryl methyl sites for hydroxylation is 1. The van der Waals surface area contributed by atoms with Crippen molar-refractivity contribution in [1.29, 1.82) is 0 Å². The fourth-order valence-electron chi connectivity index (χ4n) is 3.15. The van der Waals surface area contributed by atoms with Gasteiger partial charge >= 0.3 is 0 Å². The summed E-state index contributed by atoms with van der Waals surface area (Å²) in [6.45, 7) is 1.93. The van der Waals surface area contributed by atoms with Crippen LogP contribution in [0.1, 0.15) is 5.69 Å². The second kappa shape index (κ2) is 9.48. The Balaban J connectivity index is 1.71. The number of benzene rings is 1. The maximum atomic E-state index is 14.7. The van der Waals surface area contributed by atoms with Crippen LogP contribution in [0.2, 0.25) is 5.02 Å². The van der Waals surface area contributed by atoms with E-state index in [1.807, 2.05) is 26.1 Å². The summed E-state index contributed by atoms with van der Waals surface area (Å²) in [4.78, 5) is 13.8. The van der Waals surface area contributed by atoms with E-state index in [4.69, 9.17) is 21.3 Å². The van der Waals surface area contributed by atoms with E-state index >= 15 is 0 Å². The second-order valence-corrected chi connectivity index (χ2v) is 8.95. The number of rotatable bonds is 6. The molecule has 4 rings (SSSR count). The molecular formula is C22H18BrClFN5OS. The third kappa shape index (κ3) is 4.60. The number of nitrogens with zero attached hydrogens (tertiary/aromatic N) is 3. The number of anilines is 2. The molecule has 3 heterocycles. The van der Waals surface area contributed by atoms with E-state index in [9.17, 15) is 4.39 Å². The predicted molar refractivity (Wildman–Crippen MR) is 132 cm³/mol. The van der Waals surface area contributed by atoms with Gasteiger partial charge in [-0.1, -0.05) is 27.5 Å². The van der Waals surface area contributed by atoms with Crippen molar-refractivity contribution >= 4 is 61.9 Å². The summed E-state index contributed by atoms with van der Waals surface area (Å²) in [5.74, 6) is 0.732. The van der Waals surface area contributed by atoms with Crippen molar-refractivity contribution < 1.29 is 9.13 Å². The molecule has 0 spiro atoms. The number of fused-ring (bicyclic) bond motifs is 1. The number of hydrogen-bond acceptors (Lipinski definition) is 7. The first-order chi connectivity index (χ1) is 15.4. The average molecular weight is 535 g/mol. The van der Waals surface area contributed by atoms with E-state index in [0.717, 1.165) is 45.5 Å². The van der Waals surface area contributed by atoms with E-state index in [0.29, 0.717) is 26.0 Å². The standard InChI is InChI=1S/C22H18BrClFN5OS/c1-11-14(4-12-9-27-21(26-2)8-18(12)29-11)15-6-19(17(25)7-16(15)23)30-32-20-5-13(24)10-28-22(20)31-3/h4-10,30H,1-3H3,(H,26,27). The lowest BCUT2D eigenvalue weighted by atomic mass is 10.0. The van der Waals surface area contributed by atoms with Gasteiger partial charge in [0.15, 0.2) is 0 Å². The molecule has 0 radical (unpaired) electrons. The molecule has 0 bridgehead atoms. The molecule has 0 saturated carbocycles. The second-order valence-electron chi connectivity index (χ2n) is 6.81. The molecule has 4 aromatic rings. The molecule has 0 fully saturated rings. The van der Waals surface area contributed by atoms with E-state index in [1.165, 1.54) is 19.4 Å². The van der Waals surface area contributed by atoms with Crippen LogP contribution < -0.4 is 14.8 Å². The van der Waals surface area contributed by atoms with Crippen molar-refractivity contribution in [3.63, 3.8) is 0 Å². The summed E-state index contributed by atoms with van der Waals surface area (Å²) >= 11 is 10.7. The third-order valence-electron chi connectivity index (χ3n) is 4.74. The minimum Gasteiger partial charge on any atom is -0.480 e. The number of aromatic nitrogens is 3. The summed E-state index contributed by atoms with van der Waals surface area (Å²) in [5, 5.41) is 4.36. The molecule has 32 heavy (non-hydrogen) atoms. The predicted octanol–water partition coefficient (Wildman–Crippen LogP) is 6.72. The number of halogens is 3. The monoisotopic (exact) mass is 533 g/mol. The number of hydrogen-bond donors (Lipinski definition) is 2. The van der Waals surface area contributed by atoms with Gasteiger partial charge in [-0.3, -0.25) is 4.98 Å². The van der Waals surface area contributed by atoms with E-state index in [-0.39, 0.29) is 0 Å². The number of methoxy groups -OCH3 is 1. The zero-order valence-corrected chi connectivity index (χ0v) is 20.5. The van der Waals surface area contributed by atoms with Gasteiger partial charge in [-0.05, 0) is 48.7 Å². The van der Waals surface area contributed by atoms with Crippen LogP contribution in [0.5, 0.6) is 5.88 Å². The van der Waals surface area contributed by atoms with Gasteiger partial charge in [0.05, 0.1) is 28.2 Å². The normalized spacial score (nSPS) is 10.9. The Bertz CT molecular complexity index is 1320. The fourth-order valence-corrected chi connectivity index (χ4v) is 4.69. The van der Waals surface area contributed by atoms with Crippen molar-refractivity contribution in [2.75, 3.05) is 24.2 Å². The van der Waals surface area contributed by atoms with Crippen LogP contribution >= 0.6 is 39.5 Å². The molecule has 0 amide bonds. The molecule has 164 valence electrons. The van der Waals surface area contributed by atoms with Crippen LogP contribution in [0.25, 0.3) is 22.0 Å². The van der Waals surface area contributed by atoms with Gasteiger partial charge in [-0.15, -0.1) is 0 Å². The molecule has 0 saturated heterocycles. The third-order valence-corrected chi connectivity index (χ3v) is 6.44. The number of nitrogens with one attached hydrogen (secondary N) is 2. The van der Waals surface area contributed by atoms with Crippen molar-refractivity contribution in [3.05, 3.63) is 63.7 Å². The molecule has 1 aromatic carbocycles. The fraction of sp³-hybridized carbons (Fsp3) is 0.136. The number of pyridine rings is 3. The minimum atomic E-state index is -0.409. The lowest BCUT2D eigenvalue weighted by Crippen LogP contribution is -1.98. The molecule has 0 aliphatic carbocycles. The van der Waals surface area contributed by atoms with Crippen LogP contribution in [0.15, 0.2) is 52.1 Å². The van der Waals surface area contributed by atoms with E-state index < -0.39 is 5.82 Å². The highest BCUT2D eigenvalue weighted by molar-refractivity contribution is 9.10. The van der Waals surface area contributed by atoms with Crippen LogP contribution in [-0.4, -0.2) is 29.1 Å². The van der Waals surface area contributed by atoms with Crippen molar-refractivity contribution in [2.45, 2.75) is 11.8 Å². The Hall–Kier alpha value is -2.62. The Labute approximate surface area is 202 Å². The highest BCUT2D eigenvalue weighted by Crippen LogP contribution is 2.38. The van der Waals surface area contributed by atoms with Crippen LogP contribution in [0, 0.1) is 12.7 Å². The Morgan fingerprint density at radius 1 is 1.09 bits per heavy atom. The zero-order chi connectivity index (χ0) is 22.8. The lowest BCUT2D eigenvalue weighted by Gasteiger charge is -2.14. The smallest absolute Gasteiger partial charge is 0.228 e. The summed E-state index contributed by atoms with van der Waals surface area (Å²) in [6, 6.07) is 8.76. The summed E-state index contributed by atoms with van der Waals surface area (Å²) in [6.07, 6.45) is 3.26. The first-order valence-corrected chi connectivity index (χ1v) is 11.4. The van der Waals surface area contributed by atoms with Gasteiger partial charge < -0.3 is 14.8 Å². The molecular weight excluding hydrogens is 517 g/mol. The molecule has 2 N–H and O–H groups in total. The molecule has 10 heteroatoms. The molecule has 0 unspecified atom stereocenters. The van der Waals surface area contributed by atoms with Gasteiger partial charge in [0.25, 0.3) is 0 Å². The van der Waals surface area contributed by atoms with Gasteiger partial charge in [-0.2, -0.15) is 0 Å². The molecule has 0 aliphatic rings. The Morgan fingerprint density at radius 2 is 1.91 bits per heavy atom. The Morgan fingerprint density at radius 3 is 2.66 bits per heavy atom. The van der Waals surface area contributed by atoms with Crippen molar-refractivity contribution in [3.8, 4) is 17.0 Å². The van der Waals surface area contributed by atoms with Crippen LogP contribution in [0.4, 0.5) is 15.9 Å². The van der Waals surface area contributed by atoms with E-state index in [1.54, 1.807) is 18.3 Å².